The van der Waals surface area contributed by atoms with Crippen LogP contribution in [-0.4, -0.2) is 146 Å². The van der Waals surface area contributed by atoms with Gasteiger partial charge in [0.25, 0.3) is 0 Å². The molecule has 6 saturated heterocycles. The average molecular weight is 751 g/mol. The second-order valence-electron chi connectivity index (χ2n) is 13.0. The fourth-order valence-corrected chi connectivity index (χ4v) is 4.90. The van der Waals surface area contributed by atoms with Crippen LogP contribution in [-0.2, 0) is 37.9 Å². The molecule has 7 atom stereocenters. The first-order valence-corrected chi connectivity index (χ1v) is 17.8. The largest absolute Gasteiger partial charge is 0.487 e. The lowest BCUT2D eigenvalue weighted by molar-refractivity contribution is 0.0229. The van der Waals surface area contributed by atoms with Gasteiger partial charge in [-0.1, -0.05) is 0 Å². The monoisotopic (exact) mass is 750 g/mol. The van der Waals surface area contributed by atoms with E-state index in [9.17, 15) is 9.59 Å². The molecule has 6 aliphatic heterocycles. The van der Waals surface area contributed by atoms with E-state index in [-0.39, 0.29) is 111 Å². The van der Waals surface area contributed by atoms with Crippen molar-refractivity contribution in [2.75, 3.05) is 91.8 Å². The van der Waals surface area contributed by atoms with Crippen molar-refractivity contribution >= 4 is 23.5 Å². The Morgan fingerprint density at radius 3 is 1.27 bits per heavy atom. The second kappa shape index (κ2) is 16.1. The van der Waals surface area contributed by atoms with E-state index in [0.717, 1.165) is 0 Å². The van der Waals surface area contributed by atoms with Crippen LogP contribution < -0.4 is 28.4 Å². The molecule has 2 aromatic carbocycles. The van der Waals surface area contributed by atoms with E-state index in [1.54, 1.807) is 0 Å². The van der Waals surface area contributed by atoms with Crippen LogP contribution >= 0.6 is 11.6 Å². The Kier molecular flexibility index (Phi) is 10.9. The van der Waals surface area contributed by atoms with Gasteiger partial charge >= 0.3 is 11.9 Å². The lowest BCUT2D eigenvalue weighted by Crippen LogP contribution is -2.27. The van der Waals surface area contributed by atoms with Crippen LogP contribution in [0.25, 0.3) is 0 Å². The summed E-state index contributed by atoms with van der Waals surface area (Å²) >= 11 is 6.31. The maximum Gasteiger partial charge on any atom is 0.338 e. The first-order valence-electron chi connectivity index (χ1n) is 17.2. The number of alkyl halides is 1. The van der Waals surface area contributed by atoms with E-state index in [2.05, 4.69) is 0 Å². The molecule has 6 aliphatic rings. The van der Waals surface area contributed by atoms with Crippen molar-refractivity contribution in [2.45, 2.75) is 42.7 Å². The number of benzene rings is 2. The van der Waals surface area contributed by atoms with Gasteiger partial charge < -0.3 is 66.3 Å². The van der Waals surface area contributed by atoms with Gasteiger partial charge in [-0.15, -0.1) is 11.6 Å². The minimum absolute atomic E-state index is 0.0262. The molecule has 282 valence electrons. The number of hydrogen-bond donors (Lipinski definition) is 0. The SMILES string of the molecule is O=C(OCC1CO1)c1cc(OCC2CO2)c(OCC(CCl)OC(=O)c2cc(OCC3CO3)c(OCC3CO3)c(OCC3CO3)c2)c(OCC2CO2)c1. The van der Waals surface area contributed by atoms with Crippen molar-refractivity contribution in [3.05, 3.63) is 35.4 Å². The van der Waals surface area contributed by atoms with Gasteiger partial charge in [-0.25, -0.2) is 9.59 Å². The molecule has 0 radical (unpaired) electrons. The first-order chi connectivity index (χ1) is 25.5. The highest BCUT2D eigenvalue weighted by atomic mass is 35.5. The van der Waals surface area contributed by atoms with E-state index in [1.165, 1.54) is 24.3 Å². The molecular formula is C35H39ClO16. The number of carbonyl (C=O) groups is 2. The van der Waals surface area contributed by atoms with Gasteiger partial charge in [0.15, 0.2) is 23.0 Å². The first kappa shape index (κ1) is 35.3. The van der Waals surface area contributed by atoms with Gasteiger partial charge in [0.1, 0.15) is 89.0 Å². The Bertz CT molecular complexity index is 1510. The van der Waals surface area contributed by atoms with Crippen LogP contribution in [0.15, 0.2) is 24.3 Å². The summed E-state index contributed by atoms with van der Waals surface area (Å²) in [5.41, 5.74) is 0.339. The molecule has 8 rings (SSSR count). The van der Waals surface area contributed by atoms with Crippen molar-refractivity contribution in [3.8, 4) is 34.5 Å². The molecule has 0 N–H and O–H groups in total. The van der Waals surface area contributed by atoms with Gasteiger partial charge in [-0.05, 0) is 24.3 Å². The average Bonchev–Trinajstić information content (AvgIpc) is 3.96. The molecule has 7 unspecified atom stereocenters. The second-order valence-corrected chi connectivity index (χ2v) is 13.3. The van der Waals surface area contributed by atoms with Crippen LogP contribution in [0.4, 0.5) is 0 Å². The summed E-state index contributed by atoms with van der Waals surface area (Å²) in [6.45, 7) is 4.61. The number of hydrogen-bond acceptors (Lipinski definition) is 16. The van der Waals surface area contributed by atoms with Gasteiger partial charge in [0.05, 0.1) is 56.6 Å². The predicted octanol–water partition coefficient (Wildman–Crippen LogP) is 1.97. The zero-order valence-electron chi connectivity index (χ0n) is 28.2. The van der Waals surface area contributed by atoms with Gasteiger partial charge in [-0.2, -0.15) is 0 Å². The van der Waals surface area contributed by atoms with Crippen LogP contribution in [0.5, 0.6) is 34.5 Å². The number of carbonyl (C=O) groups excluding carboxylic acids is 2. The fourth-order valence-electron chi connectivity index (χ4n) is 4.75. The Morgan fingerprint density at radius 1 is 0.538 bits per heavy atom. The highest BCUT2D eigenvalue weighted by Crippen LogP contribution is 2.42. The fraction of sp³-hybridized carbons (Fsp3) is 0.600. The molecule has 52 heavy (non-hydrogen) atoms. The zero-order chi connectivity index (χ0) is 35.4. The normalized spacial score (nSPS) is 26.3. The third-order valence-corrected chi connectivity index (χ3v) is 8.64. The summed E-state index contributed by atoms with van der Waals surface area (Å²) in [5, 5.41) is 0. The Morgan fingerprint density at radius 2 is 0.885 bits per heavy atom. The standard InChI is InChI=1S/C35H39ClO16/c36-5-21(52-35(38)20-3-30(47-15-24-9-41-24)33(50-17-26-11-43-26)31(4-20)48-16-25-10-42-25)6-49-32-28(45-13-22-7-39-22)1-19(34(37)51-18-27-12-44-27)2-29(32)46-14-23-8-40-23/h1-4,21-27H,5-18H2. The molecular weight excluding hydrogens is 712 g/mol. The molecule has 17 heteroatoms. The quantitative estimate of drug-likeness (QED) is 0.0862. The van der Waals surface area contributed by atoms with Gasteiger partial charge in [-0.3, -0.25) is 0 Å². The highest BCUT2D eigenvalue weighted by Gasteiger charge is 2.32. The van der Waals surface area contributed by atoms with Crippen LogP contribution in [0.3, 0.4) is 0 Å². The lowest BCUT2D eigenvalue weighted by atomic mass is 10.1. The molecule has 0 spiro atoms. The minimum Gasteiger partial charge on any atom is -0.487 e. The van der Waals surface area contributed by atoms with Crippen molar-refractivity contribution in [1.29, 1.82) is 0 Å². The van der Waals surface area contributed by atoms with Crippen molar-refractivity contribution in [2.24, 2.45) is 0 Å². The molecule has 0 bridgehead atoms. The maximum absolute atomic E-state index is 13.7. The van der Waals surface area contributed by atoms with E-state index < -0.39 is 18.0 Å². The molecule has 6 heterocycles. The summed E-state index contributed by atoms with van der Waals surface area (Å²) in [4.78, 5) is 26.6. The van der Waals surface area contributed by atoms with Crippen LogP contribution in [0, 0.1) is 0 Å². The zero-order valence-corrected chi connectivity index (χ0v) is 28.9. The summed E-state index contributed by atoms with van der Waals surface area (Å²) in [5.74, 6) is 0.165. The van der Waals surface area contributed by atoms with E-state index in [0.29, 0.717) is 63.5 Å². The molecule has 16 nitrogen and oxygen atoms in total. The van der Waals surface area contributed by atoms with E-state index in [4.69, 9.17) is 77.9 Å². The number of epoxide rings is 6. The number of rotatable bonds is 24. The highest BCUT2D eigenvalue weighted by molar-refractivity contribution is 6.18. The Balaban J connectivity index is 0.990. The van der Waals surface area contributed by atoms with Crippen LogP contribution in [0.2, 0.25) is 0 Å². The summed E-state index contributed by atoms with van der Waals surface area (Å²) < 4.78 is 79.3. The molecule has 0 saturated carbocycles. The number of halogens is 1. The lowest BCUT2D eigenvalue weighted by Gasteiger charge is -2.21. The molecule has 0 amide bonds. The summed E-state index contributed by atoms with van der Waals surface area (Å²) in [6.07, 6.45) is -1.34. The molecule has 0 aliphatic carbocycles. The summed E-state index contributed by atoms with van der Waals surface area (Å²) in [7, 11) is 0. The van der Waals surface area contributed by atoms with Gasteiger partial charge in [0, 0.05) is 0 Å². The van der Waals surface area contributed by atoms with Crippen LogP contribution in [0.1, 0.15) is 20.7 Å². The molecule has 2 aromatic rings. The number of esters is 2. The number of ether oxygens (including phenoxy) is 14. The topological polar surface area (TPSA) is 183 Å². The smallest absolute Gasteiger partial charge is 0.338 e. The maximum atomic E-state index is 13.7. The Labute approximate surface area is 303 Å². The molecule has 0 aromatic heterocycles. The van der Waals surface area contributed by atoms with Crippen molar-refractivity contribution in [3.63, 3.8) is 0 Å². The van der Waals surface area contributed by atoms with E-state index >= 15 is 0 Å². The van der Waals surface area contributed by atoms with Crippen molar-refractivity contribution < 1.29 is 75.9 Å². The minimum atomic E-state index is -0.923. The summed E-state index contributed by atoms with van der Waals surface area (Å²) in [6, 6.07) is 6.09. The predicted molar refractivity (Wildman–Crippen MR) is 174 cm³/mol. The third-order valence-electron chi connectivity index (χ3n) is 8.30. The van der Waals surface area contributed by atoms with E-state index in [1.807, 2.05) is 0 Å². The van der Waals surface area contributed by atoms with Crippen molar-refractivity contribution in [1.82, 2.24) is 0 Å². The van der Waals surface area contributed by atoms with Gasteiger partial charge in [0.2, 0.25) is 11.5 Å². The Hall–Kier alpha value is -3.77. The molecule has 6 fully saturated rings. The third kappa shape index (κ3) is 10.4.